The molecule has 0 unspecified atom stereocenters. The quantitative estimate of drug-likeness (QED) is 0.135. The largest absolute Gasteiger partial charge is 0.402 e. The Labute approximate surface area is 280 Å². The first-order valence-corrected chi connectivity index (χ1v) is 16.3. The van der Waals surface area contributed by atoms with Crippen LogP contribution in [-0.4, -0.2) is 84.4 Å². The number of para-hydroxylation sites is 1. The van der Waals surface area contributed by atoms with Gasteiger partial charge >= 0.3 is 0 Å². The number of rotatable bonds is 14. The molecular weight excluding hydrogens is 610 g/mol. The highest BCUT2D eigenvalue weighted by Crippen LogP contribution is 2.39. The van der Waals surface area contributed by atoms with Crippen molar-refractivity contribution in [2.24, 2.45) is 17.2 Å². The van der Waals surface area contributed by atoms with E-state index in [1.165, 1.54) is 22.5 Å². The van der Waals surface area contributed by atoms with Crippen molar-refractivity contribution in [3.63, 3.8) is 0 Å². The number of amides is 4. The topological polar surface area (TPSA) is 192 Å². The number of benzene rings is 3. The van der Waals surface area contributed by atoms with Crippen molar-refractivity contribution in [1.29, 1.82) is 0 Å². The van der Waals surface area contributed by atoms with Gasteiger partial charge in [-0.1, -0.05) is 60.7 Å². The number of nitrogens with two attached hydrogens (primary N) is 3. The van der Waals surface area contributed by atoms with Gasteiger partial charge < -0.3 is 43.0 Å². The Bertz CT molecular complexity index is 1630. The van der Waals surface area contributed by atoms with Gasteiger partial charge in [0.1, 0.15) is 23.9 Å². The summed E-state index contributed by atoms with van der Waals surface area (Å²) in [5.41, 5.74) is 17.8. The highest BCUT2D eigenvalue weighted by Gasteiger charge is 2.54. The lowest BCUT2D eigenvalue weighted by Gasteiger charge is -2.43. The van der Waals surface area contributed by atoms with E-state index in [9.17, 15) is 19.2 Å². The van der Waals surface area contributed by atoms with Gasteiger partial charge in [0.25, 0.3) is 0 Å². The summed E-state index contributed by atoms with van der Waals surface area (Å²) < 4.78 is 0. The van der Waals surface area contributed by atoms with Gasteiger partial charge in [-0.05, 0) is 54.2 Å². The number of primary amides is 1. The molecule has 0 aromatic heterocycles. The number of likely N-dealkylation sites (tertiary alicyclic amines) is 1. The maximum absolute atomic E-state index is 14.1. The van der Waals surface area contributed by atoms with Crippen LogP contribution in [0.1, 0.15) is 31.2 Å². The van der Waals surface area contributed by atoms with Gasteiger partial charge in [0.15, 0.2) is 0 Å². The lowest BCUT2D eigenvalue weighted by Crippen LogP contribution is -2.56. The van der Waals surface area contributed by atoms with E-state index >= 15 is 0 Å². The van der Waals surface area contributed by atoms with E-state index in [0.29, 0.717) is 31.6 Å². The summed E-state index contributed by atoms with van der Waals surface area (Å²) in [7, 11) is 0. The van der Waals surface area contributed by atoms with E-state index in [1.54, 1.807) is 4.90 Å². The molecule has 2 fully saturated rings. The molecule has 0 aliphatic carbocycles. The predicted octanol–water partition coefficient (Wildman–Crippen LogP) is 0.653. The van der Waals surface area contributed by atoms with Gasteiger partial charge in [0.2, 0.25) is 23.6 Å². The molecule has 1 atom stereocenters. The lowest BCUT2D eigenvalue weighted by molar-refractivity contribution is -0.137. The fraction of sp³-hybridized carbons (Fsp3) is 0.371. The predicted molar refractivity (Wildman–Crippen MR) is 185 cm³/mol. The smallest absolute Gasteiger partial charge is 0.250 e. The van der Waals surface area contributed by atoms with Crippen LogP contribution in [0, 0.1) is 0 Å². The second kappa shape index (κ2) is 15.5. The van der Waals surface area contributed by atoms with Crippen LogP contribution in [0.4, 0.5) is 5.69 Å². The Hall–Kier alpha value is -5.30. The molecule has 13 heteroatoms. The lowest BCUT2D eigenvalue weighted by atomic mass is 9.85. The zero-order valence-corrected chi connectivity index (χ0v) is 27.1. The van der Waals surface area contributed by atoms with Crippen molar-refractivity contribution in [3.8, 4) is 0 Å². The molecular formula is C35H45N9O4. The summed E-state index contributed by atoms with van der Waals surface area (Å²) in [5.74, 6) is -1.51. The maximum Gasteiger partial charge on any atom is 0.250 e. The van der Waals surface area contributed by atoms with E-state index in [4.69, 9.17) is 17.2 Å². The molecule has 2 aliphatic heterocycles. The van der Waals surface area contributed by atoms with Crippen LogP contribution < -0.4 is 38.1 Å². The van der Waals surface area contributed by atoms with Crippen molar-refractivity contribution in [1.82, 2.24) is 25.8 Å². The highest BCUT2D eigenvalue weighted by atomic mass is 16.2. The summed E-state index contributed by atoms with van der Waals surface area (Å²) in [6.45, 7) is 2.38. The SMILES string of the molecule is N/C=C(/N)NCCC[C@H](NC(=O)CNC(=O)CN1CN(c2ccccc2)C2(CCN(Cc3cccc4ccccc34)CC2)C1=O)C(N)=O. The number of carbonyl (C=O) groups excluding carboxylic acids is 4. The van der Waals surface area contributed by atoms with E-state index in [0.717, 1.165) is 25.3 Å². The van der Waals surface area contributed by atoms with Crippen LogP contribution in [-0.2, 0) is 25.7 Å². The fourth-order valence-electron chi connectivity index (χ4n) is 6.61. The van der Waals surface area contributed by atoms with Crippen molar-refractivity contribution in [2.75, 3.05) is 44.3 Å². The minimum absolute atomic E-state index is 0.0942. The van der Waals surface area contributed by atoms with E-state index in [2.05, 4.69) is 62.1 Å². The first-order chi connectivity index (χ1) is 23.2. The summed E-state index contributed by atoms with van der Waals surface area (Å²) in [6.07, 6.45) is 3.23. The Balaban J connectivity index is 1.18. The summed E-state index contributed by atoms with van der Waals surface area (Å²) >= 11 is 0. The van der Waals surface area contributed by atoms with Gasteiger partial charge in [-0.3, -0.25) is 24.1 Å². The van der Waals surface area contributed by atoms with Gasteiger partial charge in [0.05, 0.1) is 13.2 Å². The van der Waals surface area contributed by atoms with Crippen molar-refractivity contribution >= 4 is 40.1 Å². The fourth-order valence-corrected chi connectivity index (χ4v) is 6.61. The molecule has 13 nitrogen and oxygen atoms in total. The molecule has 2 aliphatic rings. The summed E-state index contributed by atoms with van der Waals surface area (Å²) in [5, 5.41) is 10.5. The standard InChI is InChI=1S/C35H45N9O4/c36-20-30(37)39-17-7-14-29(33(38)47)41-31(45)21-40-32(46)23-43-24-44(27-11-2-1-3-12-27)35(34(43)48)15-18-42(19-16-35)22-26-10-6-9-25-8-4-5-13-28(25)26/h1-6,8-13,20,29,39H,7,14-19,21-24,36-37H2,(H2,38,47)(H,40,46)(H,41,45)/b30-20-/t29-/m0/s1. The third-order valence-electron chi connectivity index (χ3n) is 9.18. The van der Waals surface area contributed by atoms with Crippen LogP contribution in [0.3, 0.4) is 0 Å². The minimum atomic E-state index is -0.912. The van der Waals surface area contributed by atoms with Crippen LogP contribution in [0.25, 0.3) is 10.8 Å². The highest BCUT2D eigenvalue weighted by molar-refractivity contribution is 5.97. The molecule has 0 bridgehead atoms. The third kappa shape index (κ3) is 7.97. The molecule has 9 N–H and O–H groups in total. The molecule has 2 heterocycles. The first kappa shape index (κ1) is 34.0. The second-order valence-electron chi connectivity index (χ2n) is 12.3. The zero-order chi connectivity index (χ0) is 34.1. The minimum Gasteiger partial charge on any atom is -0.402 e. The summed E-state index contributed by atoms with van der Waals surface area (Å²) in [4.78, 5) is 57.6. The first-order valence-electron chi connectivity index (χ1n) is 16.3. The van der Waals surface area contributed by atoms with Crippen LogP contribution >= 0.6 is 0 Å². The molecule has 254 valence electrons. The van der Waals surface area contributed by atoms with E-state index in [-0.39, 0.29) is 32.1 Å². The molecule has 2 saturated heterocycles. The molecule has 48 heavy (non-hydrogen) atoms. The van der Waals surface area contributed by atoms with Gasteiger partial charge in [-0.15, -0.1) is 0 Å². The number of hydrogen-bond donors (Lipinski definition) is 6. The number of anilines is 1. The number of nitrogens with zero attached hydrogens (tertiary/aromatic N) is 3. The maximum atomic E-state index is 14.1. The summed E-state index contributed by atoms with van der Waals surface area (Å²) in [6, 6.07) is 23.6. The normalized spacial score (nSPS) is 17.0. The second-order valence-corrected chi connectivity index (χ2v) is 12.3. The number of hydrogen-bond acceptors (Lipinski definition) is 9. The average molecular weight is 656 g/mol. The molecule has 0 radical (unpaired) electrons. The van der Waals surface area contributed by atoms with E-state index < -0.39 is 29.3 Å². The molecule has 3 aromatic rings. The van der Waals surface area contributed by atoms with Crippen LogP contribution in [0.2, 0.25) is 0 Å². The van der Waals surface area contributed by atoms with Gasteiger partial charge in [-0.2, -0.15) is 0 Å². The van der Waals surface area contributed by atoms with Crippen molar-refractivity contribution in [3.05, 3.63) is 90.4 Å². The third-order valence-corrected chi connectivity index (χ3v) is 9.18. The Morgan fingerprint density at radius 2 is 1.60 bits per heavy atom. The Kier molecular flexibility index (Phi) is 11.0. The number of carbonyl (C=O) groups is 4. The monoisotopic (exact) mass is 655 g/mol. The number of fused-ring (bicyclic) bond motifs is 1. The number of piperidine rings is 1. The molecule has 3 aromatic carbocycles. The van der Waals surface area contributed by atoms with Gasteiger partial charge in [-0.25, -0.2) is 0 Å². The molecule has 0 saturated carbocycles. The van der Waals surface area contributed by atoms with Crippen LogP contribution in [0.15, 0.2) is 84.8 Å². The van der Waals surface area contributed by atoms with E-state index in [1.807, 2.05) is 36.4 Å². The van der Waals surface area contributed by atoms with Crippen LogP contribution in [0.5, 0.6) is 0 Å². The van der Waals surface area contributed by atoms with Crippen molar-refractivity contribution in [2.45, 2.75) is 43.8 Å². The average Bonchev–Trinajstić information content (AvgIpc) is 3.36. The van der Waals surface area contributed by atoms with Crippen molar-refractivity contribution < 1.29 is 19.2 Å². The Morgan fingerprint density at radius 3 is 2.33 bits per heavy atom. The molecule has 1 spiro atoms. The number of nitrogens with one attached hydrogen (secondary N) is 3. The zero-order valence-electron chi connectivity index (χ0n) is 27.1. The molecule has 5 rings (SSSR count). The molecule has 4 amide bonds. The Morgan fingerprint density at radius 1 is 0.896 bits per heavy atom. The van der Waals surface area contributed by atoms with Gasteiger partial charge in [0, 0.05) is 38.1 Å².